The van der Waals surface area contributed by atoms with Gasteiger partial charge in [-0.25, -0.2) is 4.98 Å². The average molecular weight is 370 g/mol. The number of thiophene rings is 1. The summed E-state index contributed by atoms with van der Waals surface area (Å²) >= 11 is 1.48. The van der Waals surface area contributed by atoms with Gasteiger partial charge in [-0.1, -0.05) is 25.1 Å². The Kier molecular flexibility index (Phi) is 5.23. The quantitative estimate of drug-likeness (QED) is 0.707. The molecule has 2 aromatic heterocycles. The number of hydrogen-bond donors (Lipinski definition) is 1. The second kappa shape index (κ2) is 7.41. The van der Waals surface area contributed by atoms with Crippen molar-refractivity contribution in [3.63, 3.8) is 0 Å². The molecule has 1 N–H and O–H groups in total. The van der Waals surface area contributed by atoms with Crippen molar-refractivity contribution in [2.24, 2.45) is 0 Å². The molecule has 3 aromatic rings. The summed E-state index contributed by atoms with van der Waals surface area (Å²) in [4.78, 5) is 29.4. The van der Waals surface area contributed by atoms with Gasteiger partial charge in [-0.05, 0) is 37.0 Å². The van der Waals surface area contributed by atoms with Crippen molar-refractivity contribution in [1.82, 2.24) is 9.55 Å². The summed E-state index contributed by atoms with van der Waals surface area (Å²) in [5.74, 6) is -0.141. The molecule has 3 rings (SSSR count). The first-order valence-electron chi connectivity index (χ1n) is 8.72. The second-order valence-corrected chi connectivity index (χ2v) is 7.32. The number of carbonyl (C=O) groups is 1. The van der Waals surface area contributed by atoms with E-state index in [1.807, 2.05) is 18.4 Å². The number of benzene rings is 1. The topological polar surface area (TPSA) is 72.2 Å². The smallest absolute Gasteiger partial charge is 0.303 e. The highest BCUT2D eigenvalue weighted by atomic mass is 32.1. The van der Waals surface area contributed by atoms with Crippen molar-refractivity contribution in [3.8, 4) is 11.1 Å². The Morgan fingerprint density at radius 2 is 2.04 bits per heavy atom. The molecule has 0 spiro atoms. The fourth-order valence-electron chi connectivity index (χ4n) is 3.08. The van der Waals surface area contributed by atoms with E-state index >= 15 is 0 Å². The van der Waals surface area contributed by atoms with Crippen LogP contribution in [0.2, 0.25) is 0 Å². The predicted octanol–water partition coefficient (Wildman–Crippen LogP) is 4.17. The second-order valence-electron chi connectivity index (χ2n) is 6.46. The van der Waals surface area contributed by atoms with Crippen LogP contribution in [-0.2, 0) is 17.8 Å². The number of hydrogen-bond acceptors (Lipinski definition) is 4. The number of carboxylic acid groups (broad SMARTS) is 1. The Bertz CT molecular complexity index is 1030. The lowest BCUT2D eigenvalue weighted by molar-refractivity contribution is -0.137. The third-order valence-electron chi connectivity index (χ3n) is 4.68. The molecule has 0 amide bonds. The van der Waals surface area contributed by atoms with Crippen LogP contribution in [0.5, 0.6) is 0 Å². The predicted molar refractivity (Wildman–Crippen MR) is 105 cm³/mol. The summed E-state index contributed by atoms with van der Waals surface area (Å²) in [7, 11) is 0. The first kappa shape index (κ1) is 18.3. The molecule has 5 nitrogen and oxygen atoms in total. The summed E-state index contributed by atoms with van der Waals surface area (Å²) in [5, 5.41) is 11.5. The van der Waals surface area contributed by atoms with Crippen molar-refractivity contribution in [2.75, 3.05) is 0 Å². The Labute approximate surface area is 155 Å². The van der Waals surface area contributed by atoms with E-state index in [9.17, 15) is 9.59 Å². The zero-order chi connectivity index (χ0) is 18.8. The van der Waals surface area contributed by atoms with Gasteiger partial charge in [0.1, 0.15) is 10.7 Å². The van der Waals surface area contributed by atoms with E-state index in [2.05, 4.69) is 31.0 Å². The summed E-state index contributed by atoms with van der Waals surface area (Å²) in [5.41, 5.74) is 4.24. The van der Waals surface area contributed by atoms with Gasteiger partial charge in [-0.3, -0.25) is 14.2 Å². The molecule has 0 bridgehead atoms. The van der Waals surface area contributed by atoms with Gasteiger partial charge in [0.15, 0.2) is 0 Å². The molecule has 0 aliphatic heterocycles. The third-order valence-corrected chi connectivity index (χ3v) is 5.55. The number of fused-ring (bicyclic) bond motifs is 1. The van der Waals surface area contributed by atoms with Gasteiger partial charge in [0, 0.05) is 30.3 Å². The number of aryl methyl sites for hydroxylation is 3. The summed E-state index contributed by atoms with van der Waals surface area (Å²) in [6.45, 7) is 6.46. The summed E-state index contributed by atoms with van der Waals surface area (Å²) in [6.07, 6.45) is 1.09. The summed E-state index contributed by atoms with van der Waals surface area (Å²) < 4.78 is 1.64. The SMILES string of the molecule is CCc1nc2scc(-c3ccc(C)c(C)c3)c2c(=O)n1CCCC(=O)O. The van der Waals surface area contributed by atoms with E-state index < -0.39 is 5.97 Å². The van der Waals surface area contributed by atoms with Crippen molar-refractivity contribution in [2.45, 2.75) is 46.6 Å². The molecule has 136 valence electrons. The van der Waals surface area contributed by atoms with E-state index in [0.29, 0.717) is 30.6 Å². The van der Waals surface area contributed by atoms with Crippen LogP contribution in [0.4, 0.5) is 0 Å². The summed E-state index contributed by atoms with van der Waals surface area (Å²) in [6, 6.07) is 6.19. The highest BCUT2D eigenvalue weighted by Crippen LogP contribution is 2.32. The monoisotopic (exact) mass is 370 g/mol. The fourth-order valence-corrected chi connectivity index (χ4v) is 4.03. The van der Waals surface area contributed by atoms with E-state index in [1.165, 1.54) is 22.5 Å². The lowest BCUT2D eigenvalue weighted by Crippen LogP contribution is -2.25. The normalized spacial score (nSPS) is 11.2. The molecular formula is C20H22N2O3S. The van der Waals surface area contributed by atoms with Crippen LogP contribution in [0.1, 0.15) is 36.7 Å². The molecule has 0 atom stereocenters. The first-order valence-corrected chi connectivity index (χ1v) is 9.60. The maximum absolute atomic E-state index is 13.2. The molecule has 6 heteroatoms. The number of carboxylic acids is 1. The lowest BCUT2D eigenvalue weighted by atomic mass is 10.0. The van der Waals surface area contributed by atoms with E-state index in [-0.39, 0.29) is 12.0 Å². The molecule has 0 saturated heterocycles. The highest BCUT2D eigenvalue weighted by molar-refractivity contribution is 7.17. The zero-order valence-corrected chi connectivity index (χ0v) is 16.0. The highest BCUT2D eigenvalue weighted by Gasteiger charge is 2.16. The van der Waals surface area contributed by atoms with Crippen LogP contribution in [-0.4, -0.2) is 20.6 Å². The minimum absolute atomic E-state index is 0.0429. The first-order chi connectivity index (χ1) is 12.4. The van der Waals surface area contributed by atoms with Gasteiger partial charge in [0.25, 0.3) is 5.56 Å². The zero-order valence-electron chi connectivity index (χ0n) is 15.2. The molecule has 2 heterocycles. The maximum atomic E-state index is 13.2. The number of rotatable bonds is 6. The van der Waals surface area contributed by atoms with Gasteiger partial charge < -0.3 is 5.11 Å². The van der Waals surface area contributed by atoms with Crippen LogP contribution < -0.4 is 5.56 Å². The molecule has 0 radical (unpaired) electrons. The minimum Gasteiger partial charge on any atom is -0.481 e. The Hall–Kier alpha value is -2.47. The van der Waals surface area contributed by atoms with Crippen LogP contribution in [0.25, 0.3) is 21.3 Å². The van der Waals surface area contributed by atoms with Crippen LogP contribution in [0, 0.1) is 13.8 Å². The molecule has 0 unspecified atom stereocenters. The molecule has 1 aromatic carbocycles. The molecule has 0 saturated carbocycles. The molecule has 0 aliphatic rings. The average Bonchev–Trinajstić information content (AvgIpc) is 3.03. The van der Waals surface area contributed by atoms with Crippen molar-refractivity contribution < 1.29 is 9.90 Å². The largest absolute Gasteiger partial charge is 0.481 e. The van der Waals surface area contributed by atoms with Crippen molar-refractivity contribution in [1.29, 1.82) is 0 Å². The van der Waals surface area contributed by atoms with E-state index in [1.54, 1.807) is 4.57 Å². The molecular weight excluding hydrogens is 348 g/mol. The lowest BCUT2D eigenvalue weighted by Gasteiger charge is -2.11. The Morgan fingerprint density at radius 1 is 1.27 bits per heavy atom. The maximum Gasteiger partial charge on any atom is 0.303 e. The van der Waals surface area contributed by atoms with Crippen molar-refractivity contribution >= 4 is 27.5 Å². The standard InChI is InChI=1S/C20H22N2O3S/c1-4-16-21-19-18(20(25)22(16)9-5-6-17(23)24)15(11-26-19)14-8-7-12(2)13(3)10-14/h7-8,10-11H,4-6,9H2,1-3H3,(H,23,24). The Balaban J connectivity index is 2.14. The van der Waals surface area contributed by atoms with Gasteiger partial charge in [-0.15, -0.1) is 11.3 Å². The van der Waals surface area contributed by atoms with Crippen LogP contribution in [0.3, 0.4) is 0 Å². The van der Waals surface area contributed by atoms with Crippen LogP contribution >= 0.6 is 11.3 Å². The van der Waals surface area contributed by atoms with E-state index in [4.69, 9.17) is 5.11 Å². The fraction of sp³-hybridized carbons (Fsp3) is 0.350. The molecule has 0 fully saturated rings. The van der Waals surface area contributed by atoms with Gasteiger partial charge in [0.2, 0.25) is 0 Å². The third kappa shape index (κ3) is 3.42. The number of aromatic nitrogens is 2. The van der Waals surface area contributed by atoms with Crippen molar-refractivity contribution in [3.05, 3.63) is 50.9 Å². The molecule has 0 aliphatic carbocycles. The Morgan fingerprint density at radius 3 is 2.69 bits per heavy atom. The molecule has 26 heavy (non-hydrogen) atoms. The van der Waals surface area contributed by atoms with Gasteiger partial charge in [0.05, 0.1) is 5.39 Å². The van der Waals surface area contributed by atoms with Gasteiger partial charge in [-0.2, -0.15) is 0 Å². The van der Waals surface area contributed by atoms with Crippen LogP contribution in [0.15, 0.2) is 28.4 Å². The number of aliphatic carboxylic acids is 1. The van der Waals surface area contributed by atoms with Gasteiger partial charge >= 0.3 is 5.97 Å². The van der Waals surface area contributed by atoms with E-state index in [0.717, 1.165) is 16.0 Å². The number of nitrogens with zero attached hydrogens (tertiary/aromatic N) is 2. The minimum atomic E-state index is -0.850.